The molecule has 3 amide bonds. The van der Waals surface area contributed by atoms with Crippen LogP contribution in [0.25, 0.3) is 0 Å². The van der Waals surface area contributed by atoms with Crippen molar-refractivity contribution in [2.75, 3.05) is 6.54 Å². The first kappa shape index (κ1) is 31.6. The van der Waals surface area contributed by atoms with Crippen molar-refractivity contribution in [3.8, 4) is 5.75 Å². The lowest BCUT2D eigenvalue weighted by Crippen LogP contribution is -2.57. The first-order valence-electron chi connectivity index (χ1n) is 12.7. The number of aromatic hydroxyl groups is 1. The van der Waals surface area contributed by atoms with Crippen LogP contribution in [0.4, 0.5) is 0 Å². The van der Waals surface area contributed by atoms with Gasteiger partial charge < -0.3 is 43.4 Å². The largest absolute Gasteiger partial charge is 0.508 e. The quantitative estimate of drug-likeness (QED) is 0.0772. The van der Waals surface area contributed by atoms with Crippen molar-refractivity contribution in [2.45, 2.75) is 56.8 Å². The highest BCUT2D eigenvalue weighted by Crippen LogP contribution is 2.11. The zero-order valence-corrected chi connectivity index (χ0v) is 22.2. The second-order valence-electron chi connectivity index (χ2n) is 9.31. The van der Waals surface area contributed by atoms with Gasteiger partial charge in [0.1, 0.15) is 23.9 Å². The van der Waals surface area contributed by atoms with E-state index in [4.69, 9.17) is 17.2 Å². The normalized spacial score (nSPS) is 13.7. The highest BCUT2D eigenvalue weighted by molar-refractivity contribution is 5.94. The Kier molecular flexibility index (Phi) is 12.4. The number of phenols is 1. The third-order valence-corrected chi connectivity index (χ3v) is 5.96. The van der Waals surface area contributed by atoms with Crippen molar-refractivity contribution in [3.63, 3.8) is 0 Å². The van der Waals surface area contributed by atoms with E-state index in [2.05, 4.69) is 20.9 Å². The van der Waals surface area contributed by atoms with E-state index in [1.165, 1.54) is 19.1 Å². The number of aliphatic imine (C=N–C) groups is 1. The SMILES string of the molecule is CC(NC(=O)C(Cc1ccccc1)NC(=O)C(N)Cc1ccc(O)cc1)C(=O)NC(CCCN=C(N)N)C(=O)O. The molecule has 0 heterocycles. The number of benzene rings is 2. The summed E-state index contributed by atoms with van der Waals surface area (Å²) in [5, 5.41) is 26.5. The summed E-state index contributed by atoms with van der Waals surface area (Å²) in [7, 11) is 0. The van der Waals surface area contributed by atoms with E-state index in [0.717, 1.165) is 11.1 Å². The fraction of sp³-hybridized carbons (Fsp3) is 0.370. The number of carbonyl (C=O) groups excluding carboxylic acids is 3. The van der Waals surface area contributed by atoms with E-state index in [1.54, 1.807) is 36.4 Å². The molecule has 0 saturated heterocycles. The molecule has 40 heavy (non-hydrogen) atoms. The maximum atomic E-state index is 13.2. The molecule has 0 aliphatic rings. The number of carboxylic acids is 1. The van der Waals surface area contributed by atoms with Crippen LogP contribution in [-0.2, 0) is 32.0 Å². The Morgan fingerprint density at radius 3 is 2.02 bits per heavy atom. The zero-order chi connectivity index (χ0) is 29.7. The number of hydrogen-bond acceptors (Lipinski definition) is 7. The number of amides is 3. The molecule has 13 heteroatoms. The van der Waals surface area contributed by atoms with Gasteiger partial charge in [0.15, 0.2) is 5.96 Å². The molecule has 11 N–H and O–H groups in total. The van der Waals surface area contributed by atoms with Crippen LogP contribution in [0.1, 0.15) is 30.9 Å². The van der Waals surface area contributed by atoms with Crippen LogP contribution in [0.3, 0.4) is 0 Å². The molecule has 0 saturated carbocycles. The smallest absolute Gasteiger partial charge is 0.326 e. The van der Waals surface area contributed by atoms with Gasteiger partial charge in [-0.2, -0.15) is 0 Å². The lowest BCUT2D eigenvalue weighted by Gasteiger charge is -2.24. The lowest BCUT2D eigenvalue weighted by atomic mass is 10.0. The molecule has 4 atom stereocenters. The number of phenolic OH excluding ortho intramolecular Hbond substituents is 1. The maximum absolute atomic E-state index is 13.2. The maximum Gasteiger partial charge on any atom is 0.326 e. The number of carboxylic acid groups (broad SMARTS) is 1. The average Bonchev–Trinajstić information content (AvgIpc) is 2.91. The van der Waals surface area contributed by atoms with Crippen LogP contribution in [0.2, 0.25) is 0 Å². The molecule has 2 aromatic rings. The Morgan fingerprint density at radius 2 is 1.43 bits per heavy atom. The van der Waals surface area contributed by atoms with E-state index in [-0.39, 0.29) is 37.5 Å². The lowest BCUT2D eigenvalue weighted by molar-refractivity contribution is -0.142. The minimum atomic E-state index is -1.24. The molecular weight excluding hydrogens is 518 g/mol. The number of nitrogens with one attached hydrogen (secondary N) is 3. The number of guanidine groups is 1. The summed E-state index contributed by atoms with van der Waals surface area (Å²) in [6.45, 7) is 1.60. The fourth-order valence-corrected chi connectivity index (χ4v) is 3.75. The Bertz CT molecular complexity index is 1170. The fourth-order valence-electron chi connectivity index (χ4n) is 3.75. The Balaban J connectivity index is 2.05. The monoisotopic (exact) mass is 555 g/mol. The van der Waals surface area contributed by atoms with Gasteiger partial charge in [0, 0.05) is 13.0 Å². The van der Waals surface area contributed by atoms with Crippen LogP contribution < -0.4 is 33.2 Å². The first-order valence-corrected chi connectivity index (χ1v) is 12.7. The van der Waals surface area contributed by atoms with Gasteiger partial charge in [-0.1, -0.05) is 42.5 Å². The minimum absolute atomic E-state index is 0.0735. The minimum Gasteiger partial charge on any atom is -0.508 e. The summed E-state index contributed by atoms with van der Waals surface area (Å²) >= 11 is 0. The molecule has 0 radical (unpaired) electrons. The van der Waals surface area contributed by atoms with Crippen molar-refractivity contribution in [2.24, 2.45) is 22.2 Å². The highest BCUT2D eigenvalue weighted by atomic mass is 16.4. The van der Waals surface area contributed by atoms with Crippen LogP contribution in [0.5, 0.6) is 5.75 Å². The number of carbonyl (C=O) groups is 4. The summed E-state index contributed by atoms with van der Waals surface area (Å²) in [5.74, 6) is -3.21. The van der Waals surface area contributed by atoms with Crippen LogP contribution in [0, 0.1) is 0 Å². The molecule has 0 spiro atoms. The standard InChI is InChI=1S/C27H37N7O6/c1-16(23(36)33-21(26(39)40)8-5-13-31-27(29)30)32-25(38)22(15-17-6-3-2-4-7-17)34-24(37)20(28)14-18-9-11-19(35)12-10-18/h2-4,6-7,9-12,16,20-22,35H,5,8,13-15,28H2,1H3,(H,32,38)(H,33,36)(H,34,37)(H,39,40)(H4,29,30,31). The molecule has 2 rings (SSSR count). The van der Waals surface area contributed by atoms with E-state index in [0.29, 0.717) is 6.42 Å². The summed E-state index contributed by atoms with van der Waals surface area (Å²) in [6, 6.07) is 10.9. The molecule has 216 valence electrons. The molecule has 2 aromatic carbocycles. The molecule has 0 aliphatic carbocycles. The van der Waals surface area contributed by atoms with Gasteiger partial charge in [0.05, 0.1) is 6.04 Å². The topological polar surface area (TPSA) is 235 Å². The van der Waals surface area contributed by atoms with Gasteiger partial charge in [-0.15, -0.1) is 0 Å². The van der Waals surface area contributed by atoms with Crippen molar-refractivity contribution in [1.29, 1.82) is 0 Å². The average molecular weight is 556 g/mol. The summed E-state index contributed by atoms with van der Waals surface area (Å²) in [5.41, 5.74) is 18.1. The number of nitrogens with zero attached hydrogens (tertiary/aromatic N) is 1. The molecular formula is C27H37N7O6. The third-order valence-electron chi connectivity index (χ3n) is 5.96. The molecule has 0 aliphatic heterocycles. The number of hydrogen-bond donors (Lipinski definition) is 8. The van der Waals surface area contributed by atoms with Crippen molar-refractivity contribution < 1.29 is 29.4 Å². The number of nitrogens with two attached hydrogens (primary N) is 3. The number of aliphatic carboxylic acids is 1. The van der Waals surface area contributed by atoms with Crippen LogP contribution >= 0.6 is 0 Å². The van der Waals surface area contributed by atoms with Gasteiger partial charge in [-0.25, -0.2) is 4.79 Å². The second kappa shape index (κ2) is 15.7. The molecule has 0 bridgehead atoms. The van der Waals surface area contributed by atoms with Crippen LogP contribution in [-0.4, -0.2) is 70.6 Å². The van der Waals surface area contributed by atoms with E-state index < -0.39 is 47.9 Å². The summed E-state index contributed by atoms with van der Waals surface area (Å²) in [4.78, 5) is 54.1. The summed E-state index contributed by atoms with van der Waals surface area (Å²) in [6.07, 6.45) is 0.682. The molecule has 0 aromatic heterocycles. The predicted octanol–water partition coefficient (Wildman–Crippen LogP) is -0.883. The first-order chi connectivity index (χ1) is 19.0. The van der Waals surface area contributed by atoms with Gasteiger partial charge in [0.2, 0.25) is 17.7 Å². The molecule has 4 unspecified atom stereocenters. The summed E-state index contributed by atoms with van der Waals surface area (Å²) < 4.78 is 0. The Hall–Kier alpha value is -4.65. The Morgan fingerprint density at radius 1 is 0.825 bits per heavy atom. The predicted molar refractivity (Wildman–Crippen MR) is 149 cm³/mol. The molecule has 0 fully saturated rings. The van der Waals surface area contributed by atoms with Gasteiger partial charge >= 0.3 is 5.97 Å². The van der Waals surface area contributed by atoms with Gasteiger partial charge in [-0.05, 0) is 49.4 Å². The zero-order valence-electron chi connectivity index (χ0n) is 22.2. The Labute approximate surface area is 232 Å². The highest BCUT2D eigenvalue weighted by Gasteiger charge is 2.28. The van der Waals surface area contributed by atoms with Crippen molar-refractivity contribution >= 4 is 29.7 Å². The molecule has 13 nitrogen and oxygen atoms in total. The van der Waals surface area contributed by atoms with E-state index in [1.807, 2.05) is 6.07 Å². The third kappa shape index (κ3) is 11.0. The van der Waals surface area contributed by atoms with E-state index >= 15 is 0 Å². The number of rotatable bonds is 15. The van der Waals surface area contributed by atoms with Crippen molar-refractivity contribution in [1.82, 2.24) is 16.0 Å². The van der Waals surface area contributed by atoms with Gasteiger partial charge in [0.25, 0.3) is 0 Å². The van der Waals surface area contributed by atoms with E-state index in [9.17, 15) is 29.4 Å². The van der Waals surface area contributed by atoms with Crippen LogP contribution in [0.15, 0.2) is 59.6 Å². The van der Waals surface area contributed by atoms with Gasteiger partial charge in [-0.3, -0.25) is 19.4 Å². The van der Waals surface area contributed by atoms with Crippen molar-refractivity contribution in [3.05, 3.63) is 65.7 Å². The second-order valence-corrected chi connectivity index (χ2v) is 9.31.